The molecule has 0 bridgehead atoms. The molecule has 0 aromatic rings. The van der Waals surface area contributed by atoms with E-state index in [0.29, 0.717) is 5.41 Å². The number of hydrogen-bond donors (Lipinski definition) is 1. The Bertz CT molecular complexity index is 220. The first kappa shape index (κ1) is 15.4. The zero-order chi connectivity index (χ0) is 13.4. The van der Waals surface area contributed by atoms with Crippen LogP contribution in [0.15, 0.2) is 0 Å². The van der Waals surface area contributed by atoms with Crippen molar-refractivity contribution in [3.63, 3.8) is 0 Å². The molecule has 19 heavy (non-hydrogen) atoms. The van der Waals surface area contributed by atoms with Crippen molar-refractivity contribution in [2.45, 2.75) is 103 Å². The average molecular weight is 265 g/mol. The lowest BCUT2D eigenvalue weighted by atomic mass is 9.96. The SMILES string of the molecule is CCC1(CNC2CCCCCCCCCCC2)CC1. The van der Waals surface area contributed by atoms with Gasteiger partial charge in [-0.25, -0.2) is 0 Å². The Balaban J connectivity index is 1.68. The van der Waals surface area contributed by atoms with E-state index in [0.717, 1.165) is 6.04 Å². The topological polar surface area (TPSA) is 12.0 Å². The average Bonchev–Trinajstić information content (AvgIpc) is 3.19. The van der Waals surface area contributed by atoms with E-state index in [1.165, 1.54) is 96.4 Å². The molecule has 1 nitrogen and oxygen atoms in total. The molecule has 2 fully saturated rings. The zero-order valence-corrected chi connectivity index (χ0v) is 13.2. The molecule has 2 aliphatic carbocycles. The van der Waals surface area contributed by atoms with Crippen molar-refractivity contribution in [1.82, 2.24) is 5.32 Å². The summed E-state index contributed by atoms with van der Waals surface area (Å²) < 4.78 is 0. The summed E-state index contributed by atoms with van der Waals surface area (Å²) in [7, 11) is 0. The van der Waals surface area contributed by atoms with Crippen molar-refractivity contribution in [3.05, 3.63) is 0 Å². The van der Waals surface area contributed by atoms with Gasteiger partial charge in [0.2, 0.25) is 0 Å². The van der Waals surface area contributed by atoms with Gasteiger partial charge >= 0.3 is 0 Å². The van der Waals surface area contributed by atoms with Crippen molar-refractivity contribution in [3.8, 4) is 0 Å². The van der Waals surface area contributed by atoms with Crippen LogP contribution in [-0.2, 0) is 0 Å². The van der Waals surface area contributed by atoms with Gasteiger partial charge in [-0.15, -0.1) is 0 Å². The monoisotopic (exact) mass is 265 g/mol. The van der Waals surface area contributed by atoms with Crippen LogP contribution in [0.2, 0.25) is 0 Å². The third-order valence-electron chi connectivity index (χ3n) is 5.58. The molecule has 0 aromatic heterocycles. The van der Waals surface area contributed by atoms with Crippen molar-refractivity contribution >= 4 is 0 Å². The minimum atomic E-state index is 0.712. The standard InChI is InChI=1S/C18H35N/c1-2-18(14-15-18)16-19-17-12-10-8-6-4-3-5-7-9-11-13-17/h17,19H,2-16H2,1H3. The van der Waals surface area contributed by atoms with E-state index in [-0.39, 0.29) is 0 Å². The third-order valence-corrected chi connectivity index (χ3v) is 5.58. The predicted octanol–water partition coefficient (Wildman–Crippen LogP) is 5.44. The van der Waals surface area contributed by atoms with Gasteiger partial charge in [0.25, 0.3) is 0 Å². The highest BCUT2D eigenvalue weighted by Gasteiger charge is 2.40. The second-order valence-electron chi connectivity index (χ2n) is 7.19. The van der Waals surface area contributed by atoms with Gasteiger partial charge in [0.05, 0.1) is 0 Å². The largest absolute Gasteiger partial charge is 0.313 e. The lowest BCUT2D eigenvalue weighted by molar-refractivity contribution is 0.355. The summed E-state index contributed by atoms with van der Waals surface area (Å²) in [5.41, 5.74) is 0.712. The van der Waals surface area contributed by atoms with E-state index in [9.17, 15) is 0 Å². The Kier molecular flexibility index (Phi) is 6.70. The van der Waals surface area contributed by atoms with Crippen LogP contribution in [-0.4, -0.2) is 12.6 Å². The smallest absolute Gasteiger partial charge is 0.00672 e. The van der Waals surface area contributed by atoms with Gasteiger partial charge in [0.15, 0.2) is 0 Å². The fourth-order valence-corrected chi connectivity index (χ4v) is 3.56. The van der Waals surface area contributed by atoms with Gasteiger partial charge in [0, 0.05) is 12.6 Å². The molecule has 0 aliphatic heterocycles. The fraction of sp³-hybridized carbons (Fsp3) is 1.00. The Labute approximate surface area is 120 Å². The second-order valence-corrected chi connectivity index (χ2v) is 7.19. The number of nitrogens with one attached hydrogen (secondary N) is 1. The molecular formula is C18H35N. The first-order valence-corrected chi connectivity index (χ1v) is 9.08. The van der Waals surface area contributed by atoms with Crippen LogP contribution in [0.1, 0.15) is 96.8 Å². The van der Waals surface area contributed by atoms with Gasteiger partial charge in [-0.05, 0) is 37.5 Å². The van der Waals surface area contributed by atoms with Crippen LogP contribution in [0.25, 0.3) is 0 Å². The summed E-state index contributed by atoms with van der Waals surface area (Å²) in [4.78, 5) is 0. The van der Waals surface area contributed by atoms with Crippen molar-refractivity contribution in [1.29, 1.82) is 0 Å². The summed E-state index contributed by atoms with van der Waals surface area (Å²) in [6.07, 6.45) is 20.5. The van der Waals surface area contributed by atoms with Gasteiger partial charge in [-0.2, -0.15) is 0 Å². The highest BCUT2D eigenvalue weighted by atomic mass is 14.9. The predicted molar refractivity (Wildman–Crippen MR) is 84.5 cm³/mol. The van der Waals surface area contributed by atoms with Crippen LogP contribution in [0.5, 0.6) is 0 Å². The van der Waals surface area contributed by atoms with Crippen LogP contribution >= 0.6 is 0 Å². The van der Waals surface area contributed by atoms with E-state index in [1.54, 1.807) is 0 Å². The Morgan fingerprint density at radius 3 is 1.68 bits per heavy atom. The molecule has 1 N–H and O–H groups in total. The molecule has 0 unspecified atom stereocenters. The molecule has 0 radical (unpaired) electrons. The number of hydrogen-bond acceptors (Lipinski definition) is 1. The van der Waals surface area contributed by atoms with Crippen molar-refractivity contribution in [2.24, 2.45) is 5.41 Å². The van der Waals surface area contributed by atoms with Gasteiger partial charge in [-0.3, -0.25) is 0 Å². The van der Waals surface area contributed by atoms with Gasteiger partial charge in [0.1, 0.15) is 0 Å². The van der Waals surface area contributed by atoms with E-state index < -0.39 is 0 Å². The minimum absolute atomic E-state index is 0.712. The van der Waals surface area contributed by atoms with E-state index >= 15 is 0 Å². The number of rotatable bonds is 4. The second kappa shape index (κ2) is 8.29. The molecule has 2 aliphatic rings. The molecular weight excluding hydrogens is 230 g/mol. The Morgan fingerprint density at radius 2 is 1.26 bits per heavy atom. The van der Waals surface area contributed by atoms with Gasteiger partial charge < -0.3 is 5.32 Å². The molecule has 0 saturated heterocycles. The van der Waals surface area contributed by atoms with E-state index in [4.69, 9.17) is 0 Å². The van der Waals surface area contributed by atoms with Crippen LogP contribution < -0.4 is 5.32 Å². The summed E-state index contributed by atoms with van der Waals surface area (Å²) in [5.74, 6) is 0. The van der Waals surface area contributed by atoms with Crippen molar-refractivity contribution in [2.75, 3.05) is 6.54 Å². The molecule has 1 heteroatoms. The van der Waals surface area contributed by atoms with Crippen molar-refractivity contribution < 1.29 is 0 Å². The Morgan fingerprint density at radius 1 is 0.789 bits per heavy atom. The minimum Gasteiger partial charge on any atom is -0.313 e. The summed E-state index contributed by atoms with van der Waals surface area (Å²) in [6, 6.07) is 0.823. The maximum Gasteiger partial charge on any atom is 0.00672 e. The first-order chi connectivity index (χ1) is 9.35. The zero-order valence-electron chi connectivity index (χ0n) is 13.2. The van der Waals surface area contributed by atoms with Crippen LogP contribution in [0.4, 0.5) is 0 Å². The highest BCUT2D eigenvalue weighted by molar-refractivity contribution is 4.94. The van der Waals surface area contributed by atoms with E-state index in [2.05, 4.69) is 12.2 Å². The molecule has 2 saturated carbocycles. The van der Waals surface area contributed by atoms with Crippen LogP contribution in [0, 0.1) is 5.41 Å². The van der Waals surface area contributed by atoms with Crippen LogP contribution in [0.3, 0.4) is 0 Å². The molecule has 0 spiro atoms. The third kappa shape index (κ3) is 5.85. The molecule has 112 valence electrons. The lowest BCUT2D eigenvalue weighted by Gasteiger charge is -2.23. The summed E-state index contributed by atoms with van der Waals surface area (Å²) in [6.45, 7) is 3.67. The Hall–Kier alpha value is -0.0400. The maximum atomic E-state index is 3.93. The fourth-order valence-electron chi connectivity index (χ4n) is 3.56. The maximum absolute atomic E-state index is 3.93. The van der Waals surface area contributed by atoms with Gasteiger partial charge in [-0.1, -0.05) is 64.7 Å². The first-order valence-electron chi connectivity index (χ1n) is 9.08. The molecule has 0 heterocycles. The van der Waals surface area contributed by atoms with E-state index in [1.807, 2.05) is 0 Å². The summed E-state index contributed by atoms with van der Waals surface area (Å²) >= 11 is 0. The molecule has 0 aromatic carbocycles. The summed E-state index contributed by atoms with van der Waals surface area (Å²) in [5, 5.41) is 3.93. The quantitative estimate of drug-likeness (QED) is 0.713. The molecule has 0 amide bonds. The normalized spacial score (nSPS) is 26.4. The molecule has 0 atom stereocenters. The molecule has 2 rings (SSSR count). The lowest BCUT2D eigenvalue weighted by Crippen LogP contribution is -2.34. The highest BCUT2D eigenvalue weighted by Crippen LogP contribution is 2.48.